The summed E-state index contributed by atoms with van der Waals surface area (Å²) in [4.78, 5) is 22.5. The first kappa shape index (κ1) is 27.0. The molecule has 0 fully saturated rings. The highest BCUT2D eigenvalue weighted by Gasteiger charge is 2.62. The van der Waals surface area contributed by atoms with Crippen LogP contribution in [-0.4, -0.2) is 50.2 Å². The molecule has 0 aromatic rings. The van der Waals surface area contributed by atoms with Gasteiger partial charge in [0.15, 0.2) is 0 Å². The SMILES string of the molecule is C=CC(OCCOC(=O)C(C(F)(F)F)C(F)(F)F)C(CC)CCOC(=O)C(=C)C. The Morgan fingerprint density at radius 1 is 1.00 bits per heavy atom. The number of rotatable bonds is 12. The summed E-state index contributed by atoms with van der Waals surface area (Å²) in [5, 5.41) is 0. The second kappa shape index (κ2) is 11.8. The number of carbonyl (C=O) groups is 2. The summed E-state index contributed by atoms with van der Waals surface area (Å²) in [6, 6.07) is 0. The minimum absolute atomic E-state index is 0.0612. The summed E-state index contributed by atoms with van der Waals surface area (Å²) in [7, 11) is 0. The Hall–Kier alpha value is -2.04. The monoisotopic (exact) mass is 434 g/mol. The molecule has 0 aliphatic carbocycles. The van der Waals surface area contributed by atoms with Gasteiger partial charge in [0.05, 0.1) is 19.3 Å². The Bertz CT molecular complexity index is 556. The first-order valence-corrected chi connectivity index (χ1v) is 8.62. The molecule has 11 heteroatoms. The van der Waals surface area contributed by atoms with Gasteiger partial charge in [-0.1, -0.05) is 26.0 Å². The second-order valence-corrected chi connectivity index (χ2v) is 6.13. The highest BCUT2D eigenvalue weighted by Crippen LogP contribution is 2.39. The van der Waals surface area contributed by atoms with Crippen molar-refractivity contribution in [2.24, 2.45) is 11.8 Å². The third-order valence-electron chi connectivity index (χ3n) is 3.82. The van der Waals surface area contributed by atoms with Gasteiger partial charge in [-0.2, -0.15) is 26.3 Å². The van der Waals surface area contributed by atoms with E-state index in [0.717, 1.165) is 0 Å². The van der Waals surface area contributed by atoms with Crippen LogP contribution in [0.3, 0.4) is 0 Å². The van der Waals surface area contributed by atoms with E-state index in [1.165, 1.54) is 13.0 Å². The molecule has 0 aromatic heterocycles. The van der Waals surface area contributed by atoms with Crippen molar-refractivity contribution in [3.63, 3.8) is 0 Å². The second-order valence-electron chi connectivity index (χ2n) is 6.13. The molecule has 0 heterocycles. The Morgan fingerprint density at radius 3 is 1.97 bits per heavy atom. The van der Waals surface area contributed by atoms with Gasteiger partial charge in [-0.25, -0.2) is 4.79 Å². The predicted molar refractivity (Wildman–Crippen MR) is 90.7 cm³/mol. The summed E-state index contributed by atoms with van der Waals surface area (Å²) < 4.78 is 89.0. The molecule has 0 rings (SSSR count). The zero-order valence-corrected chi connectivity index (χ0v) is 16.1. The van der Waals surface area contributed by atoms with Crippen molar-refractivity contribution >= 4 is 11.9 Å². The topological polar surface area (TPSA) is 61.8 Å². The predicted octanol–water partition coefficient (Wildman–Crippen LogP) is 4.38. The fraction of sp³-hybridized carbons (Fsp3) is 0.667. The number of halogens is 6. The van der Waals surface area contributed by atoms with Crippen molar-refractivity contribution in [3.05, 3.63) is 24.8 Å². The van der Waals surface area contributed by atoms with Gasteiger partial charge in [0, 0.05) is 5.57 Å². The van der Waals surface area contributed by atoms with Crippen LogP contribution < -0.4 is 0 Å². The highest BCUT2D eigenvalue weighted by molar-refractivity contribution is 5.86. The molecule has 0 spiro atoms. The molecule has 0 saturated carbocycles. The Balaban J connectivity index is 4.59. The molecule has 2 atom stereocenters. The number of ether oxygens (including phenoxy) is 3. The number of carbonyl (C=O) groups excluding carboxylic acids is 2. The van der Waals surface area contributed by atoms with E-state index in [0.29, 0.717) is 12.8 Å². The first-order chi connectivity index (χ1) is 13.3. The van der Waals surface area contributed by atoms with E-state index in [2.05, 4.69) is 17.9 Å². The summed E-state index contributed by atoms with van der Waals surface area (Å²) >= 11 is 0. The molecule has 0 bridgehead atoms. The maximum atomic E-state index is 12.4. The molecule has 0 saturated heterocycles. The number of hydrogen-bond donors (Lipinski definition) is 0. The molecule has 0 aliphatic rings. The van der Waals surface area contributed by atoms with Crippen LogP contribution in [0.15, 0.2) is 24.8 Å². The molecule has 0 aromatic carbocycles. The van der Waals surface area contributed by atoms with Gasteiger partial charge in [0.1, 0.15) is 6.61 Å². The Kier molecular flexibility index (Phi) is 11.0. The van der Waals surface area contributed by atoms with Crippen LogP contribution in [0.1, 0.15) is 26.7 Å². The van der Waals surface area contributed by atoms with E-state index in [9.17, 15) is 35.9 Å². The molecule has 0 N–H and O–H groups in total. The average Bonchev–Trinajstić information content (AvgIpc) is 2.56. The fourth-order valence-electron chi connectivity index (χ4n) is 2.29. The smallest absolute Gasteiger partial charge is 0.411 e. The van der Waals surface area contributed by atoms with Gasteiger partial charge in [-0.05, 0) is 19.3 Å². The van der Waals surface area contributed by atoms with E-state index < -0.39 is 49.5 Å². The largest absolute Gasteiger partial charge is 0.463 e. The molecule has 0 radical (unpaired) electrons. The fourth-order valence-corrected chi connectivity index (χ4v) is 2.29. The van der Waals surface area contributed by atoms with Crippen molar-refractivity contribution in [2.45, 2.75) is 45.1 Å². The zero-order chi connectivity index (χ0) is 22.8. The van der Waals surface area contributed by atoms with Crippen molar-refractivity contribution in [1.82, 2.24) is 0 Å². The average molecular weight is 434 g/mol. The normalized spacial score (nSPS) is 14.2. The van der Waals surface area contributed by atoms with Crippen molar-refractivity contribution < 1.29 is 50.1 Å². The zero-order valence-electron chi connectivity index (χ0n) is 16.1. The summed E-state index contributed by atoms with van der Waals surface area (Å²) in [5.74, 6) is -7.41. The standard InChI is InChI=1S/C18H24F6O5/c1-5-12(7-8-28-15(25)11(3)4)13(6-2)27-9-10-29-16(26)14(17(19,20)21)18(22,23)24/h6,12-14H,2-3,5,7-10H2,1,4H3. The van der Waals surface area contributed by atoms with E-state index in [-0.39, 0.29) is 18.1 Å². The molecule has 2 unspecified atom stereocenters. The van der Waals surface area contributed by atoms with Gasteiger partial charge in [-0.3, -0.25) is 4.79 Å². The molecule has 5 nitrogen and oxygen atoms in total. The number of hydrogen-bond acceptors (Lipinski definition) is 5. The van der Waals surface area contributed by atoms with E-state index >= 15 is 0 Å². The highest BCUT2D eigenvalue weighted by atomic mass is 19.4. The van der Waals surface area contributed by atoms with E-state index in [4.69, 9.17) is 9.47 Å². The summed E-state index contributed by atoms with van der Waals surface area (Å²) in [6.07, 6.45) is -9.93. The van der Waals surface area contributed by atoms with E-state index in [1.54, 1.807) is 0 Å². The first-order valence-electron chi connectivity index (χ1n) is 8.62. The van der Waals surface area contributed by atoms with Gasteiger partial charge in [0.2, 0.25) is 5.92 Å². The molecular weight excluding hydrogens is 410 g/mol. The summed E-state index contributed by atoms with van der Waals surface area (Å²) in [6.45, 7) is 9.11. The molecule has 29 heavy (non-hydrogen) atoms. The van der Waals surface area contributed by atoms with Gasteiger partial charge in [0.25, 0.3) is 0 Å². The van der Waals surface area contributed by atoms with Gasteiger partial charge in [-0.15, -0.1) is 6.58 Å². The Labute approximate surface area is 164 Å². The third-order valence-corrected chi connectivity index (χ3v) is 3.82. The lowest BCUT2D eigenvalue weighted by atomic mass is 9.96. The lowest BCUT2D eigenvalue weighted by molar-refractivity contribution is -0.282. The van der Waals surface area contributed by atoms with E-state index in [1.807, 2.05) is 6.92 Å². The van der Waals surface area contributed by atoms with Gasteiger partial charge >= 0.3 is 24.3 Å². The maximum absolute atomic E-state index is 12.4. The van der Waals surface area contributed by atoms with Crippen LogP contribution in [0.25, 0.3) is 0 Å². The minimum atomic E-state index is -5.81. The molecule has 168 valence electrons. The van der Waals surface area contributed by atoms with Crippen LogP contribution >= 0.6 is 0 Å². The Morgan fingerprint density at radius 2 is 1.55 bits per heavy atom. The van der Waals surface area contributed by atoms with Crippen molar-refractivity contribution in [1.29, 1.82) is 0 Å². The summed E-state index contributed by atoms with van der Waals surface area (Å²) in [5.41, 5.74) is 0.229. The quantitative estimate of drug-likeness (QED) is 0.150. The number of esters is 2. The van der Waals surface area contributed by atoms with Crippen LogP contribution in [0, 0.1) is 11.8 Å². The maximum Gasteiger partial charge on any atom is 0.411 e. The van der Waals surface area contributed by atoms with Crippen LogP contribution in [0.2, 0.25) is 0 Å². The molecule has 0 amide bonds. The number of alkyl halides is 6. The molecule has 0 aliphatic heterocycles. The lowest BCUT2D eigenvalue weighted by Crippen LogP contribution is -2.43. The van der Waals surface area contributed by atoms with Gasteiger partial charge < -0.3 is 14.2 Å². The van der Waals surface area contributed by atoms with Crippen LogP contribution in [0.5, 0.6) is 0 Å². The molecular formula is C18H24F6O5. The third kappa shape index (κ3) is 9.82. The van der Waals surface area contributed by atoms with Crippen LogP contribution in [-0.2, 0) is 23.8 Å². The van der Waals surface area contributed by atoms with Crippen LogP contribution in [0.4, 0.5) is 26.3 Å². The van der Waals surface area contributed by atoms with Crippen molar-refractivity contribution in [3.8, 4) is 0 Å². The minimum Gasteiger partial charge on any atom is -0.463 e. The van der Waals surface area contributed by atoms with Crippen molar-refractivity contribution in [2.75, 3.05) is 19.8 Å². The lowest BCUT2D eigenvalue weighted by Gasteiger charge is -2.24.